The zero-order valence-corrected chi connectivity index (χ0v) is 14.7. The van der Waals surface area contributed by atoms with Crippen molar-refractivity contribution in [3.8, 4) is 0 Å². The van der Waals surface area contributed by atoms with Gasteiger partial charge in [0.2, 0.25) is 0 Å². The maximum atomic E-state index is 13.0. The number of halogens is 3. The Balaban J connectivity index is 2.14. The number of hydrogen-bond acceptors (Lipinski definition) is 2. The number of unbranched alkanes of at least 4 members (excludes halogenated alkanes) is 2. The molecule has 0 aliphatic carbocycles. The molecule has 1 N–H and O–H groups in total. The van der Waals surface area contributed by atoms with Crippen LogP contribution in [0.3, 0.4) is 0 Å². The zero-order chi connectivity index (χ0) is 17.6. The van der Waals surface area contributed by atoms with Crippen LogP contribution in [0.5, 0.6) is 0 Å². The Labute approximate surface area is 143 Å². The number of piperazine rings is 1. The van der Waals surface area contributed by atoms with Crippen molar-refractivity contribution in [1.82, 2.24) is 5.32 Å². The minimum Gasteiger partial charge on any atom is -0.368 e. The van der Waals surface area contributed by atoms with Crippen molar-refractivity contribution in [2.45, 2.75) is 70.6 Å². The predicted octanol–water partition coefficient (Wildman–Crippen LogP) is 5.23. The number of hydrogen-bond donors (Lipinski definition) is 1. The summed E-state index contributed by atoms with van der Waals surface area (Å²) >= 11 is 0. The monoisotopic (exact) mass is 342 g/mol. The summed E-state index contributed by atoms with van der Waals surface area (Å²) in [6, 6.07) is 6.47. The van der Waals surface area contributed by atoms with Gasteiger partial charge in [-0.15, -0.1) is 0 Å². The van der Waals surface area contributed by atoms with Crippen LogP contribution in [-0.4, -0.2) is 25.2 Å². The molecule has 0 radical (unpaired) electrons. The van der Waals surface area contributed by atoms with E-state index >= 15 is 0 Å². The molecule has 0 bridgehead atoms. The fourth-order valence-corrected chi connectivity index (χ4v) is 3.39. The van der Waals surface area contributed by atoms with E-state index in [1.165, 1.54) is 12.1 Å². The summed E-state index contributed by atoms with van der Waals surface area (Å²) in [4.78, 5) is 2.13. The van der Waals surface area contributed by atoms with Crippen LogP contribution in [0.4, 0.5) is 18.9 Å². The summed E-state index contributed by atoms with van der Waals surface area (Å²) in [5.74, 6) is 0. The second-order valence-electron chi connectivity index (χ2n) is 6.80. The van der Waals surface area contributed by atoms with Crippen molar-refractivity contribution in [3.05, 3.63) is 29.8 Å². The molecule has 1 saturated heterocycles. The van der Waals surface area contributed by atoms with Gasteiger partial charge in [-0.3, -0.25) is 0 Å². The van der Waals surface area contributed by atoms with Gasteiger partial charge in [-0.25, -0.2) is 0 Å². The molecule has 0 amide bonds. The van der Waals surface area contributed by atoms with Crippen molar-refractivity contribution in [2.24, 2.45) is 0 Å². The summed E-state index contributed by atoms with van der Waals surface area (Å²) in [6.07, 6.45) is 2.45. The van der Waals surface area contributed by atoms with E-state index in [9.17, 15) is 13.2 Å². The lowest BCUT2D eigenvalue weighted by Crippen LogP contribution is -2.56. The fourth-order valence-electron chi connectivity index (χ4n) is 3.39. The third-order valence-electron chi connectivity index (χ3n) is 4.70. The molecule has 0 saturated carbocycles. The molecule has 2 nitrogen and oxygen atoms in total. The molecule has 2 unspecified atom stereocenters. The van der Waals surface area contributed by atoms with Crippen molar-refractivity contribution < 1.29 is 13.2 Å². The van der Waals surface area contributed by atoms with Gasteiger partial charge >= 0.3 is 6.18 Å². The van der Waals surface area contributed by atoms with E-state index in [-0.39, 0.29) is 0 Å². The fraction of sp³-hybridized carbons (Fsp3) is 0.684. The summed E-state index contributed by atoms with van der Waals surface area (Å²) in [5, 5.41) is 3.70. The lowest BCUT2D eigenvalue weighted by atomic mass is 10.00. The van der Waals surface area contributed by atoms with Crippen LogP contribution in [0.15, 0.2) is 24.3 Å². The highest BCUT2D eigenvalue weighted by molar-refractivity contribution is 5.50. The van der Waals surface area contributed by atoms with Crippen LogP contribution >= 0.6 is 0 Å². The van der Waals surface area contributed by atoms with E-state index in [2.05, 4.69) is 24.1 Å². The number of rotatable bonds is 7. The Morgan fingerprint density at radius 2 is 1.62 bits per heavy atom. The molecule has 1 fully saturated rings. The Morgan fingerprint density at radius 3 is 2.12 bits per heavy atom. The maximum Gasteiger partial charge on any atom is 0.416 e. The molecule has 0 aromatic heterocycles. The highest BCUT2D eigenvalue weighted by Gasteiger charge is 2.32. The second-order valence-corrected chi connectivity index (χ2v) is 6.80. The molecule has 1 aliphatic heterocycles. The minimum atomic E-state index is -4.28. The quantitative estimate of drug-likeness (QED) is 0.730. The molecule has 136 valence electrons. The number of nitrogens with one attached hydrogen (secondary N) is 1. The smallest absolute Gasteiger partial charge is 0.368 e. The molecule has 5 heteroatoms. The molecular weight excluding hydrogens is 313 g/mol. The number of benzene rings is 1. The molecule has 0 spiro atoms. The van der Waals surface area contributed by atoms with Gasteiger partial charge in [0.15, 0.2) is 0 Å². The van der Waals surface area contributed by atoms with Gasteiger partial charge in [0.1, 0.15) is 0 Å². The number of anilines is 1. The Hall–Kier alpha value is -1.23. The Kier molecular flexibility index (Phi) is 6.96. The first-order chi connectivity index (χ1) is 11.4. The van der Waals surface area contributed by atoms with Gasteiger partial charge in [-0.2, -0.15) is 13.2 Å². The first kappa shape index (κ1) is 19.1. The van der Waals surface area contributed by atoms with Gasteiger partial charge in [0, 0.05) is 30.9 Å². The SMILES string of the molecule is CCCCC1CN(c2cccc(C(F)(F)F)c2)CC(CCCC)N1. The van der Waals surface area contributed by atoms with Crippen molar-refractivity contribution >= 4 is 5.69 Å². The minimum absolute atomic E-state index is 0.357. The summed E-state index contributed by atoms with van der Waals surface area (Å²) < 4.78 is 39.0. The van der Waals surface area contributed by atoms with Crippen LogP contribution < -0.4 is 10.2 Å². The summed E-state index contributed by atoms with van der Waals surface area (Å²) in [7, 11) is 0. The lowest BCUT2D eigenvalue weighted by molar-refractivity contribution is -0.137. The van der Waals surface area contributed by atoms with Crippen molar-refractivity contribution in [1.29, 1.82) is 0 Å². The van der Waals surface area contributed by atoms with Crippen LogP contribution in [0.1, 0.15) is 57.9 Å². The number of nitrogens with zero attached hydrogens (tertiary/aromatic N) is 1. The summed E-state index contributed by atoms with van der Waals surface area (Å²) in [6.45, 7) is 5.90. The zero-order valence-electron chi connectivity index (χ0n) is 14.7. The highest BCUT2D eigenvalue weighted by Crippen LogP contribution is 2.32. The number of alkyl halides is 3. The van der Waals surface area contributed by atoms with Gasteiger partial charge in [0.05, 0.1) is 5.56 Å². The van der Waals surface area contributed by atoms with Gasteiger partial charge in [-0.1, -0.05) is 45.6 Å². The predicted molar refractivity (Wildman–Crippen MR) is 93.4 cm³/mol. The average Bonchev–Trinajstić information content (AvgIpc) is 2.57. The Bertz CT molecular complexity index is 486. The van der Waals surface area contributed by atoms with E-state index < -0.39 is 11.7 Å². The molecule has 1 aromatic rings. The molecule has 1 aliphatic rings. The van der Waals surface area contributed by atoms with Crippen LogP contribution in [-0.2, 0) is 6.18 Å². The Morgan fingerprint density at radius 1 is 1.04 bits per heavy atom. The van der Waals surface area contributed by atoms with Crippen LogP contribution in [0.25, 0.3) is 0 Å². The highest BCUT2D eigenvalue weighted by atomic mass is 19.4. The van der Waals surface area contributed by atoms with Crippen molar-refractivity contribution in [2.75, 3.05) is 18.0 Å². The molecular formula is C19H29F3N2. The average molecular weight is 342 g/mol. The third-order valence-corrected chi connectivity index (χ3v) is 4.70. The molecule has 1 aromatic carbocycles. The van der Waals surface area contributed by atoms with E-state index in [0.717, 1.165) is 57.7 Å². The van der Waals surface area contributed by atoms with Crippen LogP contribution in [0, 0.1) is 0 Å². The molecule has 2 atom stereocenters. The molecule has 2 rings (SSSR count). The van der Waals surface area contributed by atoms with Gasteiger partial charge in [-0.05, 0) is 31.0 Å². The normalized spacial score (nSPS) is 22.0. The lowest BCUT2D eigenvalue weighted by Gasteiger charge is -2.40. The van der Waals surface area contributed by atoms with Gasteiger partial charge in [0.25, 0.3) is 0 Å². The second kappa shape index (κ2) is 8.75. The van der Waals surface area contributed by atoms with E-state index in [4.69, 9.17) is 0 Å². The van der Waals surface area contributed by atoms with E-state index in [1.807, 2.05) is 0 Å². The van der Waals surface area contributed by atoms with E-state index in [1.54, 1.807) is 6.07 Å². The van der Waals surface area contributed by atoms with Gasteiger partial charge < -0.3 is 10.2 Å². The topological polar surface area (TPSA) is 15.3 Å². The van der Waals surface area contributed by atoms with Crippen LogP contribution in [0.2, 0.25) is 0 Å². The third kappa shape index (κ3) is 5.40. The van der Waals surface area contributed by atoms with Crippen molar-refractivity contribution in [3.63, 3.8) is 0 Å². The van der Waals surface area contributed by atoms with E-state index in [0.29, 0.717) is 17.8 Å². The largest absolute Gasteiger partial charge is 0.416 e. The standard InChI is InChI=1S/C19H29F3N2/c1-3-5-9-16-13-24(14-17(23-16)10-6-4-2)18-11-7-8-15(12-18)19(20,21)22/h7-8,11-12,16-17,23H,3-6,9-10,13-14H2,1-2H3. The first-order valence-corrected chi connectivity index (χ1v) is 9.12. The molecule has 24 heavy (non-hydrogen) atoms. The summed E-state index contributed by atoms with van der Waals surface area (Å²) in [5.41, 5.74) is 0.128. The first-order valence-electron chi connectivity index (χ1n) is 9.12. The maximum absolute atomic E-state index is 13.0. The molecule has 1 heterocycles.